The van der Waals surface area contributed by atoms with E-state index in [0.29, 0.717) is 32.4 Å². The first-order chi connectivity index (χ1) is 15.9. The zero-order valence-electron chi connectivity index (χ0n) is 19.5. The zero-order valence-corrected chi connectivity index (χ0v) is 19.5. The number of benzene rings is 3. The fourth-order valence-electron chi connectivity index (χ4n) is 4.82. The molecule has 0 saturated carbocycles. The van der Waals surface area contributed by atoms with Crippen LogP contribution in [0.2, 0.25) is 0 Å². The lowest BCUT2D eigenvalue weighted by atomic mass is 9.72. The van der Waals surface area contributed by atoms with E-state index in [0.717, 1.165) is 22.3 Å². The van der Waals surface area contributed by atoms with E-state index in [9.17, 15) is 9.59 Å². The Hall–Kier alpha value is -3.40. The lowest BCUT2D eigenvalue weighted by molar-refractivity contribution is -0.139. The van der Waals surface area contributed by atoms with Crippen LogP contribution in [0.15, 0.2) is 78.9 Å². The smallest absolute Gasteiger partial charge is 0.229 e. The third-order valence-corrected chi connectivity index (χ3v) is 7.08. The summed E-state index contributed by atoms with van der Waals surface area (Å²) >= 11 is 0. The first-order valence-electron chi connectivity index (χ1n) is 11.7. The van der Waals surface area contributed by atoms with E-state index in [1.165, 1.54) is 5.56 Å². The first-order valence-corrected chi connectivity index (χ1v) is 11.7. The van der Waals surface area contributed by atoms with Gasteiger partial charge in [-0.1, -0.05) is 84.4 Å². The number of rotatable bonds is 6. The average Bonchev–Trinajstić information content (AvgIpc) is 2.85. The second kappa shape index (κ2) is 9.62. The quantitative estimate of drug-likeness (QED) is 0.579. The van der Waals surface area contributed by atoms with Crippen molar-refractivity contribution >= 4 is 11.8 Å². The Labute approximate surface area is 196 Å². The van der Waals surface area contributed by atoms with Crippen LogP contribution in [-0.2, 0) is 16.0 Å². The predicted octanol–water partition coefficient (Wildman–Crippen LogP) is 5.10. The van der Waals surface area contributed by atoms with E-state index in [-0.39, 0.29) is 17.7 Å². The number of hydrogen-bond donors (Lipinski definition) is 1. The number of piperidine rings is 1. The first kappa shape index (κ1) is 22.8. The normalized spacial score (nSPS) is 16.2. The summed E-state index contributed by atoms with van der Waals surface area (Å²) in [7, 11) is 0. The number of carbonyl (C=O) groups is 2. The summed E-state index contributed by atoms with van der Waals surface area (Å²) in [5.41, 5.74) is 10.9. The molecule has 0 aromatic heterocycles. The van der Waals surface area contributed by atoms with Crippen LogP contribution in [0.4, 0.5) is 0 Å². The second-order valence-corrected chi connectivity index (χ2v) is 9.35. The van der Waals surface area contributed by atoms with Crippen LogP contribution in [-0.4, -0.2) is 29.8 Å². The van der Waals surface area contributed by atoms with Crippen molar-refractivity contribution in [2.75, 3.05) is 13.1 Å². The van der Waals surface area contributed by atoms with Crippen LogP contribution < -0.4 is 5.73 Å². The Balaban J connectivity index is 1.46. The molecule has 0 spiro atoms. The lowest BCUT2D eigenvalue weighted by Crippen LogP contribution is -2.50. The summed E-state index contributed by atoms with van der Waals surface area (Å²) in [6, 6.07) is 26.7. The van der Waals surface area contributed by atoms with E-state index >= 15 is 0 Å². The Bertz CT molecular complexity index is 1110. The van der Waals surface area contributed by atoms with Gasteiger partial charge in [0.1, 0.15) is 0 Å². The lowest BCUT2D eigenvalue weighted by Gasteiger charge is -2.40. The fourth-order valence-corrected chi connectivity index (χ4v) is 4.82. The molecule has 3 aromatic carbocycles. The highest BCUT2D eigenvalue weighted by Gasteiger charge is 2.41. The molecule has 1 saturated heterocycles. The summed E-state index contributed by atoms with van der Waals surface area (Å²) < 4.78 is 0. The average molecular weight is 441 g/mol. The molecule has 2 N–H and O–H groups in total. The number of nitrogens with zero attached hydrogens (tertiary/aromatic N) is 1. The molecule has 33 heavy (non-hydrogen) atoms. The number of aryl methyl sites for hydroxylation is 1. The Morgan fingerprint density at radius 2 is 1.55 bits per heavy atom. The van der Waals surface area contributed by atoms with Crippen molar-refractivity contribution in [1.82, 2.24) is 4.90 Å². The number of nitrogens with two attached hydrogens (primary N) is 1. The van der Waals surface area contributed by atoms with E-state index in [1.807, 2.05) is 67.3 Å². The molecule has 4 nitrogen and oxygen atoms in total. The summed E-state index contributed by atoms with van der Waals surface area (Å²) in [6.07, 6.45) is 1.77. The molecule has 2 amide bonds. The number of likely N-dealkylation sites (tertiary alicyclic amines) is 1. The van der Waals surface area contributed by atoms with E-state index in [1.54, 1.807) is 0 Å². The summed E-state index contributed by atoms with van der Waals surface area (Å²) in [5, 5.41) is 0. The monoisotopic (exact) mass is 440 g/mol. The molecule has 1 atom stereocenters. The molecule has 170 valence electrons. The van der Waals surface area contributed by atoms with Crippen LogP contribution >= 0.6 is 0 Å². The van der Waals surface area contributed by atoms with Crippen molar-refractivity contribution in [2.45, 2.75) is 39.0 Å². The van der Waals surface area contributed by atoms with Gasteiger partial charge in [0.15, 0.2) is 0 Å². The highest BCUT2D eigenvalue weighted by atomic mass is 16.2. The molecule has 4 heteroatoms. The standard InChI is InChI=1S/C29H32N2O2/c1-21-11-13-24(14-12-21)22(2)27(32)31-17-15-29(16-18-31,28(30)33)20-23-7-6-10-26(19-23)25-8-4-3-5-9-25/h3-14,19,22H,15-18,20H2,1-2H3,(H2,30,33). The highest BCUT2D eigenvalue weighted by molar-refractivity contribution is 5.85. The van der Waals surface area contributed by atoms with E-state index < -0.39 is 5.41 Å². The van der Waals surface area contributed by atoms with Gasteiger partial charge in [-0.2, -0.15) is 0 Å². The second-order valence-electron chi connectivity index (χ2n) is 9.35. The van der Waals surface area contributed by atoms with Crippen molar-refractivity contribution in [3.05, 3.63) is 95.6 Å². The summed E-state index contributed by atoms with van der Waals surface area (Å²) in [4.78, 5) is 27.6. The van der Waals surface area contributed by atoms with Crippen molar-refractivity contribution < 1.29 is 9.59 Å². The molecule has 3 aromatic rings. The Morgan fingerprint density at radius 1 is 0.909 bits per heavy atom. The highest BCUT2D eigenvalue weighted by Crippen LogP contribution is 2.37. The fraction of sp³-hybridized carbons (Fsp3) is 0.310. The van der Waals surface area contributed by atoms with Gasteiger partial charge >= 0.3 is 0 Å². The zero-order chi connectivity index (χ0) is 23.4. The van der Waals surface area contributed by atoms with Crippen molar-refractivity contribution in [1.29, 1.82) is 0 Å². The molecule has 1 aliphatic rings. The topological polar surface area (TPSA) is 63.4 Å². The van der Waals surface area contributed by atoms with Gasteiger partial charge in [-0.25, -0.2) is 0 Å². The van der Waals surface area contributed by atoms with Gasteiger partial charge in [0.25, 0.3) is 0 Å². The third kappa shape index (κ3) is 5.00. The largest absolute Gasteiger partial charge is 0.369 e. The maximum Gasteiger partial charge on any atom is 0.229 e. The van der Waals surface area contributed by atoms with Crippen LogP contribution in [0.3, 0.4) is 0 Å². The number of carbonyl (C=O) groups excluding carboxylic acids is 2. The number of hydrogen-bond acceptors (Lipinski definition) is 2. The Morgan fingerprint density at radius 3 is 2.18 bits per heavy atom. The van der Waals surface area contributed by atoms with Crippen LogP contribution in [0.1, 0.15) is 42.4 Å². The van der Waals surface area contributed by atoms with Crippen molar-refractivity contribution in [3.63, 3.8) is 0 Å². The number of primary amides is 1. The molecule has 0 radical (unpaired) electrons. The minimum Gasteiger partial charge on any atom is -0.369 e. The van der Waals surface area contributed by atoms with Gasteiger partial charge in [-0.3, -0.25) is 9.59 Å². The minimum atomic E-state index is -0.626. The van der Waals surface area contributed by atoms with Crippen LogP contribution in [0.25, 0.3) is 11.1 Å². The maximum absolute atomic E-state index is 13.1. The molecule has 1 aliphatic heterocycles. The molecule has 1 unspecified atom stereocenters. The molecule has 1 fully saturated rings. The van der Waals surface area contributed by atoms with Gasteiger partial charge < -0.3 is 10.6 Å². The van der Waals surface area contributed by atoms with Gasteiger partial charge in [0.05, 0.1) is 11.3 Å². The van der Waals surface area contributed by atoms with Gasteiger partial charge in [-0.15, -0.1) is 0 Å². The van der Waals surface area contributed by atoms with E-state index in [2.05, 4.69) is 30.3 Å². The summed E-state index contributed by atoms with van der Waals surface area (Å²) in [5.74, 6) is -0.358. The van der Waals surface area contributed by atoms with E-state index in [4.69, 9.17) is 5.73 Å². The van der Waals surface area contributed by atoms with Gasteiger partial charge in [-0.05, 0) is 55.4 Å². The van der Waals surface area contributed by atoms with Gasteiger partial charge in [0.2, 0.25) is 11.8 Å². The molecular weight excluding hydrogens is 408 g/mol. The Kier molecular flexibility index (Phi) is 6.64. The number of amides is 2. The van der Waals surface area contributed by atoms with Crippen molar-refractivity contribution in [2.24, 2.45) is 11.1 Å². The van der Waals surface area contributed by atoms with Crippen LogP contribution in [0, 0.1) is 12.3 Å². The third-order valence-electron chi connectivity index (χ3n) is 7.08. The maximum atomic E-state index is 13.1. The summed E-state index contributed by atoms with van der Waals surface area (Å²) in [6.45, 7) is 5.10. The molecule has 0 aliphatic carbocycles. The molecular formula is C29H32N2O2. The van der Waals surface area contributed by atoms with Crippen LogP contribution in [0.5, 0.6) is 0 Å². The molecule has 0 bridgehead atoms. The SMILES string of the molecule is Cc1ccc(C(C)C(=O)N2CCC(Cc3cccc(-c4ccccc4)c3)(C(N)=O)CC2)cc1. The minimum absolute atomic E-state index is 0.114. The molecule has 1 heterocycles. The van der Waals surface area contributed by atoms with Crippen molar-refractivity contribution in [3.8, 4) is 11.1 Å². The molecule has 4 rings (SSSR count). The van der Waals surface area contributed by atoms with Gasteiger partial charge in [0, 0.05) is 13.1 Å². The predicted molar refractivity (Wildman–Crippen MR) is 133 cm³/mol.